The summed E-state index contributed by atoms with van der Waals surface area (Å²) in [5, 5.41) is 10.4. The van der Waals surface area contributed by atoms with Crippen molar-refractivity contribution in [3.05, 3.63) is 42.1 Å². The summed E-state index contributed by atoms with van der Waals surface area (Å²) in [5.74, 6) is -0.804. The third-order valence-corrected chi connectivity index (χ3v) is 3.77. The van der Waals surface area contributed by atoms with Gasteiger partial charge in [-0.25, -0.2) is 0 Å². The third-order valence-electron chi connectivity index (χ3n) is 3.77. The smallest absolute Gasteiger partial charge is 0.314 e. The number of nitrogens with two attached hydrogens (primary N) is 1. The highest BCUT2D eigenvalue weighted by Crippen LogP contribution is 2.43. The summed E-state index contributed by atoms with van der Waals surface area (Å²) < 4.78 is 0. The van der Waals surface area contributed by atoms with Crippen LogP contribution in [0, 0.1) is 0 Å². The van der Waals surface area contributed by atoms with Crippen LogP contribution in [0.25, 0.3) is 10.9 Å². The van der Waals surface area contributed by atoms with Gasteiger partial charge in [0, 0.05) is 17.6 Å². The van der Waals surface area contributed by atoms with E-state index >= 15 is 0 Å². The Hall–Kier alpha value is -1.94. The molecule has 4 heteroatoms. The fourth-order valence-electron chi connectivity index (χ4n) is 2.70. The normalized spacial score (nSPS) is 26.8. The summed E-state index contributed by atoms with van der Waals surface area (Å²) in [6, 6.07) is 9.60. The molecule has 18 heavy (non-hydrogen) atoms. The van der Waals surface area contributed by atoms with Crippen LogP contribution >= 0.6 is 0 Å². The van der Waals surface area contributed by atoms with E-state index in [1.54, 1.807) is 6.20 Å². The van der Waals surface area contributed by atoms with Gasteiger partial charge in [0.05, 0.1) is 10.9 Å². The first-order valence-corrected chi connectivity index (χ1v) is 5.96. The van der Waals surface area contributed by atoms with E-state index < -0.39 is 11.4 Å². The Morgan fingerprint density at radius 3 is 2.78 bits per heavy atom. The third kappa shape index (κ3) is 1.49. The van der Waals surface area contributed by atoms with Crippen molar-refractivity contribution in [3.63, 3.8) is 0 Å². The molecule has 1 aromatic heterocycles. The van der Waals surface area contributed by atoms with Crippen LogP contribution in [0.15, 0.2) is 36.5 Å². The van der Waals surface area contributed by atoms with Gasteiger partial charge in [0.15, 0.2) is 0 Å². The highest BCUT2D eigenvalue weighted by atomic mass is 16.4. The fourth-order valence-corrected chi connectivity index (χ4v) is 2.70. The number of carboxylic acid groups (broad SMARTS) is 1. The van der Waals surface area contributed by atoms with E-state index in [1.165, 1.54) is 0 Å². The van der Waals surface area contributed by atoms with Gasteiger partial charge in [0.25, 0.3) is 0 Å². The van der Waals surface area contributed by atoms with Gasteiger partial charge >= 0.3 is 5.97 Å². The number of aliphatic carboxylic acids is 1. The molecule has 1 aliphatic rings. The van der Waals surface area contributed by atoms with Crippen molar-refractivity contribution < 1.29 is 9.90 Å². The minimum Gasteiger partial charge on any atom is -0.481 e. The van der Waals surface area contributed by atoms with Crippen LogP contribution in [0.5, 0.6) is 0 Å². The first-order chi connectivity index (χ1) is 8.62. The Balaban J connectivity index is 2.11. The van der Waals surface area contributed by atoms with Crippen molar-refractivity contribution in [1.82, 2.24) is 4.98 Å². The Kier molecular flexibility index (Phi) is 2.35. The fraction of sp³-hybridized carbons (Fsp3) is 0.286. The van der Waals surface area contributed by atoms with Crippen LogP contribution in [-0.4, -0.2) is 22.1 Å². The predicted octanol–water partition coefficient (Wildman–Crippen LogP) is 1.68. The lowest BCUT2D eigenvalue weighted by Crippen LogP contribution is -2.54. The molecule has 0 radical (unpaired) electrons. The Morgan fingerprint density at radius 1 is 1.39 bits per heavy atom. The zero-order valence-corrected chi connectivity index (χ0v) is 9.84. The summed E-state index contributed by atoms with van der Waals surface area (Å²) in [6.07, 6.45) is 2.65. The first kappa shape index (κ1) is 11.2. The number of fused-ring (bicyclic) bond motifs is 1. The van der Waals surface area contributed by atoms with Crippen molar-refractivity contribution in [1.29, 1.82) is 0 Å². The zero-order valence-electron chi connectivity index (χ0n) is 9.84. The number of benzene rings is 1. The lowest BCUT2D eigenvalue weighted by Gasteiger charge is -2.42. The number of hydrogen-bond acceptors (Lipinski definition) is 3. The Bertz CT molecular complexity index is 618. The summed E-state index contributed by atoms with van der Waals surface area (Å²) in [6.45, 7) is 0. The molecule has 2 aromatic rings. The Morgan fingerprint density at radius 2 is 2.11 bits per heavy atom. The summed E-state index contributed by atoms with van der Waals surface area (Å²) in [4.78, 5) is 15.8. The second kappa shape index (κ2) is 3.78. The molecule has 0 spiro atoms. The molecule has 1 aliphatic carbocycles. The second-order valence-electron chi connectivity index (χ2n) is 4.97. The molecule has 1 saturated carbocycles. The maximum Gasteiger partial charge on any atom is 0.314 e. The molecule has 4 nitrogen and oxygen atoms in total. The van der Waals surface area contributed by atoms with Gasteiger partial charge in [-0.15, -0.1) is 0 Å². The van der Waals surface area contributed by atoms with Crippen LogP contribution in [-0.2, 0) is 10.2 Å². The first-order valence-electron chi connectivity index (χ1n) is 5.96. The Labute approximate surface area is 104 Å². The van der Waals surface area contributed by atoms with Gasteiger partial charge in [-0.3, -0.25) is 9.78 Å². The van der Waals surface area contributed by atoms with Gasteiger partial charge in [0.1, 0.15) is 0 Å². The summed E-state index contributed by atoms with van der Waals surface area (Å²) in [7, 11) is 0. The van der Waals surface area contributed by atoms with E-state index in [-0.39, 0.29) is 6.04 Å². The van der Waals surface area contributed by atoms with Crippen molar-refractivity contribution in [2.75, 3.05) is 0 Å². The molecule has 0 amide bonds. The van der Waals surface area contributed by atoms with Crippen LogP contribution in [0.4, 0.5) is 0 Å². The number of nitrogens with zero attached hydrogens (tertiary/aromatic N) is 1. The van der Waals surface area contributed by atoms with Crippen LogP contribution in [0.1, 0.15) is 18.4 Å². The van der Waals surface area contributed by atoms with E-state index in [0.717, 1.165) is 16.5 Å². The highest BCUT2D eigenvalue weighted by Gasteiger charge is 2.50. The number of aromatic nitrogens is 1. The molecule has 0 bridgehead atoms. The van der Waals surface area contributed by atoms with Crippen LogP contribution in [0.3, 0.4) is 0 Å². The monoisotopic (exact) mass is 242 g/mol. The van der Waals surface area contributed by atoms with Gasteiger partial charge in [-0.2, -0.15) is 0 Å². The molecule has 3 N–H and O–H groups in total. The van der Waals surface area contributed by atoms with E-state index in [1.807, 2.05) is 30.3 Å². The number of pyridine rings is 1. The number of carboxylic acids is 1. The lowest BCUT2D eigenvalue weighted by molar-refractivity contribution is -0.148. The van der Waals surface area contributed by atoms with Crippen molar-refractivity contribution in [2.24, 2.45) is 5.73 Å². The van der Waals surface area contributed by atoms with Gasteiger partial charge in [-0.1, -0.05) is 18.2 Å². The molecule has 0 saturated heterocycles. The lowest BCUT2D eigenvalue weighted by atomic mass is 9.62. The molecule has 0 atom stereocenters. The number of rotatable bonds is 2. The molecule has 3 rings (SSSR count). The van der Waals surface area contributed by atoms with Crippen molar-refractivity contribution in [3.8, 4) is 0 Å². The standard InChI is InChI=1S/C14H14N2O2/c15-11-6-14(7-11,13(17)18)10-5-9-3-1-2-4-12(9)16-8-10/h1-5,8,11H,6-7,15H2,(H,17,18). The topological polar surface area (TPSA) is 76.2 Å². The maximum absolute atomic E-state index is 11.5. The highest BCUT2D eigenvalue weighted by molar-refractivity contribution is 5.86. The predicted molar refractivity (Wildman–Crippen MR) is 68.3 cm³/mol. The van der Waals surface area contributed by atoms with E-state index in [4.69, 9.17) is 5.73 Å². The molecule has 1 heterocycles. The maximum atomic E-state index is 11.5. The minimum atomic E-state index is -0.837. The average molecular weight is 242 g/mol. The molecular formula is C14H14N2O2. The molecule has 0 aliphatic heterocycles. The van der Waals surface area contributed by atoms with Crippen molar-refractivity contribution in [2.45, 2.75) is 24.3 Å². The average Bonchev–Trinajstić information content (AvgIpc) is 2.34. The molecule has 92 valence electrons. The largest absolute Gasteiger partial charge is 0.481 e. The minimum absolute atomic E-state index is 0.0208. The van der Waals surface area contributed by atoms with E-state index in [9.17, 15) is 9.90 Å². The number of carbonyl (C=O) groups is 1. The molecular weight excluding hydrogens is 228 g/mol. The second-order valence-corrected chi connectivity index (χ2v) is 4.97. The van der Waals surface area contributed by atoms with E-state index in [0.29, 0.717) is 12.8 Å². The van der Waals surface area contributed by atoms with E-state index in [2.05, 4.69) is 4.98 Å². The molecule has 1 aromatic carbocycles. The molecule has 1 fully saturated rings. The quantitative estimate of drug-likeness (QED) is 0.840. The van der Waals surface area contributed by atoms with Gasteiger partial charge in [0.2, 0.25) is 0 Å². The van der Waals surface area contributed by atoms with Gasteiger partial charge < -0.3 is 10.8 Å². The van der Waals surface area contributed by atoms with Crippen LogP contribution < -0.4 is 5.73 Å². The number of hydrogen-bond donors (Lipinski definition) is 2. The van der Waals surface area contributed by atoms with Gasteiger partial charge in [-0.05, 0) is 30.5 Å². The SMILES string of the molecule is NC1CC(C(=O)O)(c2cnc3ccccc3c2)C1. The van der Waals surface area contributed by atoms with Crippen LogP contribution in [0.2, 0.25) is 0 Å². The summed E-state index contributed by atoms with van der Waals surface area (Å²) in [5.41, 5.74) is 6.56. The van der Waals surface area contributed by atoms with Crippen molar-refractivity contribution >= 4 is 16.9 Å². The number of para-hydroxylation sites is 1. The summed E-state index contributed by atoms with van der Waals surface area (Å²) >= 11 is 0. The molecule has 0 unspecified atom stereocenters. The zero-order chi connectivity index (χ0) is 12.8.